The van der Waals surface area contributed by atoms with Crippen LogP contribution in [0, 0.1) is 0 Å². The van der Waals surface area contributed by atoms with E-state index in [2.05, 4.69) is 15.9 Å². The summed E-state index contributed by atoms with van der Waals surface area (Å²) < 4.78 is 15.0. The van der Waals surface area contributed by atoms with Gasteiger partial charge in [0.15, 0.2) is 5.78 Å². The summed E-state index contributed by atoms with van der Waals surface area (Å²) in [6.07, 6.45) is 0. The van der Waals surface area contributed by atoms with Crippen molar-refractivity contribution in [2.45, 2.75) is 18.2 Å². The van der Waals surface area contributed by atoms with Crippen LogP contribution in [-0.2, 0) is 19.0 Å². The number of carbonyl (C=O) groups is 1. The SMILES string of the molecule is CC(C)(Br)C(=O)COCCOCCOCCCl. The molecule has 0 aliphatic rings. The molecular formula is C11H20BrClO4. The average Bonchev–Trinajstić information content (AvgIpc) is 2.25. The number of rotatable bonds is 11. The van der Waals surface area contributed by atoms with E-state index in [4.69, 9.17) is 25.8 Å². The fourth-order valence-electron chi connectivity index (χ4n) is 0.831. The summed E-state index contributed by atoms with van der Waals surface area (Å²) >= 11 is 8.70. The highest BCUT2D eigenvalue weighted by Gasteiger charge is 2.22. The first kappa shape index (κ1) is 17.3. The van der Waals surface area contributed by atoms with Gasteiger partial charge in [0.1, 0.15) is 6.61 Å². The predicted molar refractivity (Wildman–Crippen MR) is 71.2 cm³/mol. The van der Waals surface area contributed by atoms with Crippen LogP contribution in [0.25, 0.3) is 0 Å². The quantitative estimate of drug-likeness (QED) is 0.429. The number of halogens is 2. The molecule has 6 heteroatoms. The molecule has 0 radical (unpaired) electrons. The molecule has 0 aromatic heterocycles. The number of hydrogen-bond acceptors (Lipinski definition) is 4. The highest BCUT2D eigenvalue weighted by molar-refractivity contribution is 9.10. The topological polar surface area (TPSA) is 44.8 Å². The molecule has 4 nitrogen and oxygen atoms in total. The molecule has 0 fully saturated rings. The highest BCUT2D eigenvalue weighted by Crippen LogP contribution is 2.16. The van der Waals surface area contributed by atoms with Gasteiger partial charge in [-0.25, -0.2) is 0 Å². The lowest BCUT2D eigenvalue weighted by molar-refractivity contribution is -0.125. The molecule has 0 aliphatic heterocycles. The summed E-state index contributed by atoms with van der Waals surface area (Å²) in [5.41, 5.74) is 0. The van der Waals surface area contributed by atoms with E-state index in [0.717, 1.165) is 0 Å². The van der Waals surface area contributed by atoms with Crippen LogP contribution in [0.2, 0.25) is 0 Å². The maximum Gasteiger partial charge on any atom is 0.174 e. The van der Waals surface area contributed by atoms with Crippen LogP contribution in [0.4, 0.5) is 0 Å². The third kappa shape index (κ3) is 11.2. The Morgan fingerprint density at radius 2 is 1.53 bits per heavy atom. The zero-order valence-corrected chi connectivity index (χ0v) is 12.7. The number of carbonyl (C=O) groups excluding carboxylic acids is 1. The van der Waals surface area contributed by atoms with E-state index < -0.39 is 4.32 Å². The molecule has 0 spiro atoms. The van der Waals surface area contributed by atoms with Crippen LogP contribution in [0.5, 0.6) is 0 Å². The van der Waals surface area contributed by atoms with Gasteiger partial charge in [0.2, 0.25) is 0 Å². The van der Waals surface area contributed by atoms with Gasteiger partial charge in [-0.2, -0.15) is 0 Å². The van der Waals surface area contributed by atoms with Crippen molar-refractivity contribution in [3.8, 4) is 0 Å². The summed E-state index contributed by atoms with van der Waals surface area (Å²) in [7, 11) is 0. The molecule has 0 bridgehead atoms. The van der Waals surface area contributed by atoms with Crippen molar-refractivity contribution < 1.29 is 19.0 Å². The van der Waals surface area contributed by atoms with E-state index in [1.807, 2.05) is 0 Å². The van der Waals surface area contributed by atoms with Crippen LogP contribution < -0.4 is 0 Å². The van der Waals surface area contributed by atoms with Crippen LogP contribution in [-0.4, -0.2) is 55.6 Å². The third-order valence-electron chi connectivity index (χ3n) is 1.86. The molecule has 0 amide bonds. The van der Waals surface area contributed by atoms with Gasteiger partial charge >= 0.3 is 0 Å². The van der Waals surface area contributed by atoms with Crippen molar-refractivity contribution in [2.24, 2.45) is 0 Å². The van der Waals surface area contributed by atoms with E-state index in [-0.39, 0.29) is 12.4 Å². The Hall–Kier alpha value is 0.320. The Bertz CT molecular complexity index is 206. The first-order valence-corrected chi connectivity index (χ1v) is 6.82. The lowest BCUT2D eigenvalue weighted by atomic mass is 10.1. The van der Waals surface area contributed by atoms with Crippen molar-refractivity contribution in [1.82, 2.24) is 0 Å². The van der Waals surface area contributed by atoms with Crippen LogP contribution in [0.3, 0.4) is 0 Å². The molecule has 17 heavy (non-hydrogen) atoms. The summed E-state index contributed by atoms with van der Waals surface area (Å²) in [5, 5.41) is 0. The fraction of sp³-hybridized carbons (Fsp3) is 0.909. The Labute approximate surface area is 116 Å². The second kappa shape index (κ2) is 10.3. The van der Waals surface area contributed by atoms with Gasteiger partial charge in [-0.05, 0) is 13.8 Å². The molecule has 0 N–H and O–H groups in total. The monoisotopic (exact) mass is 330 g/mol. The van der Waals surface area contributed by atoms with E-state index in [9.17, 15) is 4.79 Å². The Kier molecular flexibility index (Phi) is 10.5. The molecule has 0 unspecified atom stereocenters. The van der Waals surface area contributed by atoms with Crippen molar-refractivity contribution in [3.63, 3.8) is 0 Å². The Morgan fingerprint density at radius 3 is 2.00 bits per heavy atom. The molecule has 0 aliphatic carbocycles. The van der Waals surface area contributed by atoms with Gasteiger partial charge in [0.05, 0.1) is 37.4 Å². The van der Waals surface area contributed by atoms with Crippen LogP contribution >= 0.6 is 27.5 Å². The third-order valence-corrected chi connectivity index (χ3v) is 2.46. The first-order valence-electron chi connectivity index (χ1n) is 5.50. The molecule has 102 valence electrons. The molecule has 0 aromatic carbocycles. The Balaban J connectivity index is 3.22. The molecule has 0 saturated carbocycles. The lowest BCUT2D eigenvalue weighted by Gasteiger charge is -2.14. The Morgan fingerprint density at radius 1 is 1.06 bits per heavy atom. The van der Waals surface area contributed by atoms with E-state index in [0.29, 0.717) is 38.9 Å². The van der Waals surface area contributed by atoms with Crippen molar-refractivity contribution >= 4 is 33.3 Å². The minimum atomic E-state index is -0.525. The van der Waals surface area contributed by atoms with Crippen molar-refractivity contribution in [2.75, 3.05) is 45.5 Å². The molecule has 0 saturated heterocycles. The van der Waals surface area contributed by atoms with Gasteiger partial charge in [0.25, 0.3) is 0 Å². The second-order valence-corrected chi connectivity index (χ2v) is 6.22. The number of ether oxygens (including phenoxy) is 3. The molecular weight excluding hydrogens is 311 g/mol. The summed E-state index contributed by atoms with van der Waals surface area (Å²) in [5.74, 6) is 0.510. The highest BCUT2D eigenvalue weighted by atomic mass is 79.9. The molecule has 0 atom stereocenters. The largest absolute Gasteiger partial charge is 0.378 e. The smallest absolute Gasteiger partial charge is 0.174 e. The van der Waals surface area contributed by atoms with Gasteiger partial charge in [-0.15, -0.1) is 11.6 Å². The predicted octanol–water partition coefficient (Wildman–Crippen LogP) is 2.02. The molecule has 0 rings (SSSR count). The van der Waals surface area contributed by atoms with Crippen molar-refractivity contribution in [3.05, 3.63) is 0 Å². The lowest BCUT2D eigenvalue weighted by Crippen LogP contribution is -2.28. The number of ketones is 1. The maximum absolute atomic E-state index is 11.4. The van der Waals surface area contributed by atoms with E-state index in [1.165, 1.54) is 0 Å². The number of Topliss-reactive ketones (excluding diaryl/α,β-unsaturated/α-hetero) is 1. The van der Waals surface area contributed by atoms with Gasteiger partial charge in [-0.3, -0.25) is 4.79 Å². The minimum Gasteiger partial charge on any atom is -0.378 e. The van der Waals surface area contributed by atoms with Gasteiger partial charge < -0.3 is 14.2 Å². The van der Waals surface area contributed by atoms with Crippen LogP contribution in [0.15, 0.2) is 0 Å². The maximum atomic E-state index is 11.4. The van der Waals surface area contributed by atoms with Gasteiger partial charge in [-0.1, -0.05) is 15.9 Å². The summed E-state index contributed by atoms with van der Waals surface area (Å²) in [6, 6.07) is 0. The van der Waals surface area contributed by atoms with Crippen molar-refractivity contribution in [1.29, 1.82) is 0 Å². The molecule has 0 heterocycles. The normalized spacial score (nSPS) is 11.8. The number of alkyl halides is 2. The van der Waals surface area contributed by atoms with Crippen LogP contribution in [0.1, 0.15) is 13.8 Å². The van der Waals surface area contributed by atoms with E-state index in [1.54, 1.807) is 13.8 Å². The second-order valence-electron chi connectivity index (χ2n) is 3.86. The summed E-state index contributed by atoms with van der Waals surface area (Å²) in [4.78, 5) is 11.4. The zero-order chi connectivity index (χ0) is 13.1. The zero-order valence-electron chi connectivity index (χ0n) is 10.3. The van der Waals surface area contributed by atoms with Gasteiger partial charge in [0, 0.05) is 5.88 Å². The fourth-order valence-corrected chi connectivity index (χ4v) is 1.05. The first-order chi connectivity index (χ1) is 7.98. The molecule has 0 aromatic rings. The van der Waals surface area contributed by atoms with E-state index >= 15 is 0 Å². The standard InChI is InChI=1S/C11H20BrClO4/c1-11(2,12)10(14)9-17-8-7-16-6-5-15-4-3-13/h3-9H2,1-2H3. The average molecular weight is 332 g/mol. The summed E-state index contributed by atoms with van der Waals surface area (Å²) in [6.45, 7) is 6.14. The minimum absolute atomic E-state index is 0.0166. The number of hydrogen-bond donors (Lipinski definition) is 0.